The molecule has 0 atom stereocenters. The minimum absolute atomic E-state index is 0.00868. The van der Waals surface area contributed by atoms with E-state index in [0.29, 0.717) is 17.9 Å². The average Bonchev–Trinajstić information content (AvgIpc) is 2.47. The van der Waals surface area contributed by atoms with Gasteiger partial charge in [0.05, 0.1) is 11.4 Å². The second kappa shape index (κ2) is 5.77. The van der Waals surface area contributed by atoms with E-state index in [1.807, 2.05) is 31.2 Å². The van der Waals surface area contributed by atoms with Crippen molar-refractivity contribution in [2.75, 3.05) is 16.4 Å². The fourth-order valence-electron chi connectivity index (χ4n) is 2.23. The van der Waals surface area contributed by atoms with Gasteiger partial charge in [-0.2, -0.15) is 0 Å². The molecule has 0 aliphatic carbocycles. The molecule has 2 aromatic rings. The number of fused-ring (bicyclic) bond motifs is 1. The van der Waals surface area contributed by atoms with Gasteiger partial charge in [0, 0.05) is 22.7 Å². The van der Waals surface area contributed by atoms with E-state index in [0.717, 1.165) is 21.8 Å². The molecule has 108 valence electrons. The molecule has 3 nitrogen and oxygen atoms in total. The Bertz CT molecular complexity index is 703. The summed E-state index contributed by atoms with van der Waals surface area (Å²) in [6.07, 6.45) is 0. The van der Waals surface area contributed by atoms with Crippen molar-refractivity contribution in [1.82, 2.24) is 0 Å². The van der Waals surface area contributed by atoms with Crippen molar-refractivity contribution in [2.45, 2.75) is 18.4 Å². The number of thioether (sulfide) groups is 1. The number of rotatable bonds is 3. The van der Waals surface area contributed by atoms with Crippen molar-refractivity contribution in [3.8, 4) is 0 Å². The van der Waals surface area contributed by atoms with Crippen LogP contribution in [0.3, 0.4) is 0 Å². The number of hydrogen-bond donors (Lipinski definition) is 2. The van der Waals surface area contributed by atoms with Crippen LogP contribution in [0.15, 0.2) is 41.3 Å². The van der Waals surface area contributed by atoms with E-state index >= 15 is 0 Å². The number of benzene rings is 2. The summed E-state index contributed by atoms with van der Waals surface area (Å²) in [7, 11) is 0. The molecule has 3 rings (SSSR count). The highest BCUT2D eigenvalue weighted by molar-refractivity contribution is 8.00. The first-order valence-corrected chi connectivity index (χ1v) is 7.66. The molecule has 1 heterocycles. The Hall–Kier alpha value is -2.01. The molecule has 0 bridgehead atoms. The number of amides is 1. The molecule has 21 heavy (non-hydrogen) atoms. The van der Waals surface area contributed by atoms with Crippen molar-refractivity contribution < 1.29 is 9.18 Å². The SMILES string of the molecule is Cc1ccc(F)c(CNc2ccc3c(c2)NC(=O)CS3)c1. The standard InChI is InChI=1S/C16H15FN2OS/c1-10-2-4-13(17)11(6-10)8-18-12-3-5-15-14(7-12)19-16(20)9-21-15/h2-7,18H,8-9H2,1H3,(H,19,20). The van der Waals surface area contributed by atoms with Gasteiger partial charge in [-0.05, 0) is 31.2 Å². The highest BCUT2D eigenvalue weighted by Crippen LogP contribution is 2.33. The molecule has 0 spiro atoms. The second-order valence-corrected chi connectivity index (χ2v) is 6.01. The van der Waals surface area contributed by atoms with Gasteiger partial charge in [0.25, 0.3) is 0 Å². The third-order valence-electron chi connectivity index (χ3n) is 3.30. The summed E-state index contributed by atoms with van der Waals surface area (Å²) in [5, 5.41) is 6.04. The van der Waals surface area contributed by atoms with E-state index in [2.05, 4.69) is 10.6 Å². The topological polar surface area (TPSA) is 41.1 Å². The van der Waals surface area contributed by atoms with Crippen LogP contribution in [0, 0.1) is 12.7 Å². The number of hydrogen-bond acceptors (Lipinski definition) is 3. The first kappa shape index (κ1) is 13.9. The maximum Gasteiger partial charge on any atom is 0.234 e. The lowest BCUT2D eigenvalue weighted by Gasteiger charge is -2.17. The number of carbonyl (C=O) groups is 1. The minimum Gasteiger partial charge on any atom is -0.381 e. The highest BCUT2D eigenvalue weighted by Gasteiger charge is 2.15. The summed E-state index contributed by atoms with van der Waals surface area (Å²) in [6, 6.07) is 10.9. The maximum absolute atomic E-state index is 13.7. The number of anilines is 2. The van der Waals surface area contributed by atoms with Crippen LogP contribution >= 0.6 is 11.8 Å². The summed E-state index contributed by atoms with van der Waals surface area (Å²) in [4.78, 5) is 12.5. The molecule has 1 amide bonds. The lowest BCUT2D eigenvalue weighted by Crippen LogP contribution is -2.18. The monoisotopic (exact) mass is 302 g/mol. The Balaban J connectivity index is 1.75. The van der Waals surface area contributed by atoms with Gasteiger partial charge in [-0.25, -0.2) is 4.39 Å². The van der Waals surface area contributed by atoms with Crippen LogP contribution in [0.1, 0.15) is 11.1 Å². The van der Waals surface area contributed by atoms with Gasteiger partial charge >= 0.3 is 0 Å². The summed E-state index contributed by atoms with van der Waals surface area (Å²) < 4.78 is 13.7. The summed E-state index contributed by atoms with van der Waals surface area (Å²) >= 11 is 1.52. The highest BCUT2D eigenvalue weighted by atomic mass is 32.2. The van der Waals surface area contributed by atoms with E-state index in [-0.39, 0.29) is 11.7 Å². The molecule has 0 aromatic heterocycles. The quantitative estimate of drug-likeness (QED) is 0.906. The van der Waals surface area contributed by atoms with Crippen LogP contribution in [0.5, 0.6) is 0 Å². The summed E-state index contributed by atoms with van der Waals surface area (Å²) in [5.74, 6) is 0.248. The van der Waals surface area contributed by atoms with Gasteiger partial charge in [-0.3, -0.25) is 4.79 Å². The molecule has 5 heteroatoms. The summed E-state index contributed by atoms with van der Waals surface area (Å²) in [5.41, 5.74) is 3.33. The first-order valence-electron chi connectivity index (χ1n) is 6.67. The fourth-order valence-corrected chi connectivity index (χ4v) is 3.02. The predicted octanol–water partition coefficient (Wildman–Crippen LogP) is 3.79. The van der Waals surface area contributed by atoms with Crippen LogP contribution in [-0.2, 0) is 11.3 Å². The zero-order valence-electron chi connectivity index (χ0n) is 11.6. The molecule has 2 aromatic carbocycles. The zero-order chi connectivity index (χ0) is 14.8. The Labute approximate surface area is 126 Å². The maximum atomic E-state index is 13.7. The Morgan fingerprint density at radius 3 is 3.00 bits per heavy atom. The minimum atomic E-state index is -0.213. The third kappa shape index (κ3) is 3.19. The van der Waals surface area contributed by atoms with Gasteiger partial charge in [-0.15, -0.1) is 11.8 Å². The van der Waals surface area contributed by atoms with E-state index in [4.69, 9.17) is 0 Å². The Morgan fingerprint density at radius 2 is 2.14 bits per heavy atom. The molecule has 1 aliphatic heterocycles. The van der Waals surface area contributed by atoms with Crippen LogP contribution in [0.4, 0.5) is 15.8 Å². The van der Waals surface area contributed by atoms with Gasteiger partial charge in [0.2, 0.25) is 5.91 Å². The Morgan fingerprint density at radius 1 is 1.29 bits per heavy atom. The van der Waals surface area contributed by atoms with Gasteiger partial charge in [0.1, 0.15) is 5.82 Å². The lowest BCUT2D eigenvalue weighted by atomic mass is 10.1. The average molecular weight is 302 g/mol. The van der Waals surface area contributed by atoms with Gasteiger partial charge in [0.15, 0.2) is 0 Å². The van der Waals surface area contributed by atoms with Crippen molar-refractivity contribution in [3.63, 3.8) is 0 Å². The van der Waals surface area contributed by atoms with Crippen LogP contribution in [-0.4, -0.2) is 11.7 Å². The number of nitrogens with one attached hydrogen (secondary N) is 2. The third-order valence-corrected chi connectivity index (χ3v) is 4.37. The van der Waals surface area contributed by atoms with Gasteiger partial charge < -0.3 is 10.6 Å². The normalized spacial score (nSPS) is 13.5. The molecule has 0 saturated heterocycles. The molecule has 0 fully saturated rings. The van der Waals surface area contributed by atoms with Gasteiger partial charge in [-0.1, -0.05) is 17.7 Å². The van der Waals surface area contributed by atoms with E-state index in [9.17, 15) is 9.18 Å². The zero-order valence-corrected chi connectivity index (χ0v) is 12.4. The van der Waals surface area contributed by atoms with Crippen molar-refractivity contribution in [2.24, 2.45) is 0 Å². The van der Waals surface area contributed by atoms with E-state index in [1.54, 1.807) is 6.07 Å². The van der Waals surface area contributed by atoms with Crippen molar-refractivity contribution >= 4 is 29.0 Å². The van der Waals surface area contributed by atoms with E-state index < -0.39 is 0 Å². The predicted molar refractivity (Wildman–Crippen MR) is 84.3 cm³/mol. The molecular formula is C16H15FN2OS. The lowest BCUT2D eigenvalue weighted by molar-refractivity contribution is -0.113. The van der Waals surface area contributed by atoms with Crippen molar-refractivity contribution in [1.29, 1.82) is 0 Å². The van der Waals surface area contributed by atoms with Crippen LogP contribution in [0.2, 0.25) is 0 Å². The van der Waals surface area contributed by atoms with Crippen molar-refractivity contribution in [3.05, 3.63) is 53.3 Å². The smallest absolute Gasteiger partial charge is 0.234 e. The molecule has 0 saturated carbocycles. The summed E-state index contributed by atoms with van der Waals surface area (Å²) in [6.45, 7) is 2.35. The molecule has 0 unspecified atom stereocenters. The molecule has 2 N–H and O–H groups in total. The second-order valence-electron chi connectivity index (χ2n) is 5.00. The number of aryl methyl sites for hydroxylation is 1. The largest absolute Gasteiger partial charge is 0.381 e. The molecular weight excluding hydrogens is 287 g/mol. The first-order chi connectivity index (χ1) is 10.1. The van der Waals surface area contributed by atoms with Crippen LogP contribution in [0.25, 0.3) is 0 Å². The number of carbonyl (C=O) groups excluding carboxylic acids is 1. The molecule has 1 aliphatic rings. The van der Waals surface area contributed by atoms with E-state index in [1.165, 1.54) is 17.8 Å². The van der Waals surface area contributed by atoms with Crippen LogP contribution < -0.4 is 10.6 Å². The number of halogens is 1. The molecule has 0 radical (unpaired) electrons. The Kier molecular flexibility index (Phi) is 3.84. The fraction of sp³-hybridized carbons (Fsp3) is 0.188.